The lowest BCUT2D eigenvalue weighted by Crippen LogP contribution is -2.09. The van der Waals surface area contributed by atoms with Crippen LogP contribution in [0.1, 0.15) is 47.4 Å². The summed E-state index contributed by atoms with van der Waals surface area (Å²) in [7, 11) is 0. The van der Waals surface area contributed by atoms with Crippen LogP contribution in [0.3, 0.4) is 0 Å². The van der Waals surface area contributed by atoms with Gasteiger partial charge in [-0.3, -0.25) is 0 Å². The molecule has 0 saturated carbocycles. The van der Waals surface area contributed by atoms with E-state index in [1.165, 1.54) is 0 Å². The first kappa shape index (κ1) is 23.9. The van der Waals surface area contributed by atoms with E-state index >= 15 is 0 Å². The van der Waals surface area contributed by atoms with Crippen molar-refractivity contribution in [2.75, 3.05) is 23.7 Å². The molecule has 2 aromatic rings. The Morgan fingerprint density at radius 3 is 1.50 bits per heavy atom. The van der Waals surface area contributed by atoms with Gasteiger partial charge in [-0.15, -0.1) is 0 Å². The topological polar surface area (TPSA) is 83.0 Å². The van der Waals surface area contributed by atoms with Crippen LogP contribution < -0.4 is 10.6 Å². The summed E-state index contributed by atoms with van der Waals surface area (Å²) in [5.74, 6) is 2.31. The Kier molecular flexibility index (Phi) is 16.9. The number of phenolic OH excluding ortho intramolecular Hbond substituents is 1. The van der Waals surface area contributed by atoms with Gasteiger partial charge in [-0.05, 0) is 32.9 Å². The van der Waals surface area contributed by atoms with E-state index < -0.39 is 0 Å². The number of benzene rings is 1. The third kappa shape index (κ3) is 12.2. The van der Waals surface area contributed by atoms with Gasteiger partial charge in [-0.1, -0.05) is 45.9 Å². The molecule has 0 atom stereocenters. The lowest BCUT2D eigenvalue weighted by atomic mass is 10.3. The number of hydrogen-bond donors (Lipinski definition) is 3. The molecule has 0 saturated heterocycles. The predicted molar refractivity (Wildman–Crippen MR) is 104 cm³/mol. The van der Waals surface area contributed by atoms with Gasteiger partial charge >= 0.3 is 0 Å². The predicted octanol–water partition coefficient (Wildman–Crippen LogP) is 4.49. The standard InChI is InChI=1S/C8H15N5.C6H6O.2C2H6/c1-4-9-7-11-6(3)12-8(13-7)10-5-2;7-6-4-2-1-3-5-6;2*1-2/h4-5H2,1-3H3,(H2,9,10,11,12,13);1-5,7H;2*1-2H3. The molecule has 0 amide bonds. The van der Waals surface area contributed by atoms with Gasteiger partial charge in [0.25, 0.3) is 0 Å². The zero-order valence-corrected chi connectivity index (χ0v) is 16.1. The molecule has 0 unspecified atom stereocenters. The zero-order valence-electron chi connectivity index (χ0n) is 16.1. The molecule has 1 heterocycles. The van der Waals surface area contributed by atoms with Gasteiger partial charge in [0, 0.05) is 13.1 Å². The maximum Gasteiger partial charge on any atom is 0.227 e. The summed E-state index contributed by atoms with van der Waals surface area (Å²) < 4.78 is 0. The Labute approximate surface area is 146 Å². The normalized spacial score (nSPS) is 8.29. The van der Waals surface area contributed by atoms with Crippen molar-refractivity contribution in [2.24, 2.45) is 0 Å². The molecule has 0 aliphatic carbocycles. The van der Waals surface area contributed by atoms with E-state index in [2.05, 4.69) is 25.6 Å². The summed E-state index contributed by atoms with van der Waals surface area (Å²) in [5.41, 5.74) is 0. The van der Waals surface area contributed by atoms with E-state index in [1.54, 1.807) is 24.3 Å². The number of hydrogen-bond acceptors (Lipinski definition) is 6. The quantitative estimate of drug-likeness (QED) is 0.763. The largest absolute Gasteiger partial charge is 0.508 e. The number of aromatic nitrogens is 3. The second kappa shape index (κ2) is 17.0. The summed E-state index contributed by atoms with van der Waals surface area (Å²) in [6.07, 6.45) is 0. The highest BCUT2D eigenvalue weighted by Crippen LogP contribution is 2.04. The van der Waals surface area contributed by atoms with Crippen LogP contribution in [0, 0.1) is 6.92 Å². The Morgan fingerprint density at radius 2 is 1.21 bits per heavy atom. The summed E-state index contributed by atoms with van der Waals surface area (Å²) in [6.45, 7) is 15.5. The maximum atomic E-state index is 8.63. The Morgan fingerprint density at radius 1 is 0.792 bits per heavy atom. The van der Waals surface area contributed by atoms with Crippen molar-refractivity contribution in [2.45, 2.75) is 48.5 Å². The molecule has 0 radical (unpaired) electrons. The Balaban J connectivity index is 0. The number of anilines is 2. The number of aryl methyl sites for hydroxylation is 1. The van der Waals surface area contributed by atoms with Crippen molar-refractivity contribution in [3.05, 3.63) is 36.2 Å². The van der Waals surface area contributed by atoms with E-state index in [9.17, 15) is 0 Å². The van der Waals surface area contributed by atoms with Crippen molar-refractivity contribution in [1.29, 1.82) is 0 Å². The van der Waals surface area contributed by atoms with E-state index in [0.717, 1.165) is 18.9 Å². The monoisotopic (exact) mass is 335 g/mol. The maximum absolute atomic E-state index is 8.63. The van der Waals surface area contributed by atoms with Gasteiger partial charge < -0.3 is 15.7 Å². The zero-order chi connectivity index (χ0) is 18.8. The number of nitrogens with zero attached hydrogens (tertiary/aromatic N) is 3. The second-order valence-electron chi connectivity index (χ2n) is 3.93. The lowest BCUT2D eigenvalue weighted by Gasteiger charge is -2.05. The molecular weight excluding hydrogens is 302 g/mol. The fourth-order valence-electron chi connectivity index (χ4n) is 1.38. The molecule has 1 aromatic carbocycles. The van der Waals surface area contributed by atoms with Gasteiger partial charge in [0.05, 0.1) is 0 Å². The Bertz CT molecular complexity index is 482. The van der Waals surface area contributed by atoms with E-state index in [0.29, 0.717) is 17.6 Å². The lowest BCUT2D eigenvalue weighted by molar-refractivity contribution is 0.475. The van der Waals surface area contributed by atoms with Gasteiger partial charge in [-0.2, -0.15) is 15.0 Å². The highest BCUT2D eigenvalue weighted by Gasteiger charge is 2.00. The van der Waals surface area contributed by atoms with Crippen LogP contribution in [-0.4, -0.2) is 33.1 Å². The molecule has 0 aliphatic heterocycles. The van der Waals surface area contributed by atoms with Crippen LogP contribution in [0.25, 0.3) is 0 Å². The Hall–Kier alpha value is -2.37. The number of aromatic hydroxyl groups is 1. The molecule has 0 spiro atoms. The minimum Gasteiger partial charge on any atom is -0.508 e. The highest BCUT2D eigenvalue weighted by molar-refractivity contribution is 5.33. The molecule has 6 nitrogen and oxygen atoms in total. The van der Waals surface area contributed by atoms with Crippen LogP contribution in [0.5, 0.6) is 5.75 Å². The molecule has 0 bridgehead atoms. The van der Waals surface area contributed by atoms with Gasteiger partial charge in [-0.25, -0.2) is 0 Å². The first-order chi connectivity index (χ1) is 11.7. The first-order valence-corrected chi connectivity index (χ1v) is 8.60. The molecule has 136 valence electrons. The summed E-state index contributed by atoms with van der Waals surface area (Å²) in [4.78, 5) is 12.4. The van der Waals surface area contributed by atoms with Crippen LogP contribution in [0.15, 0.2) is 30.3 Å². The smallest absolute Gasteiger partial charge is 0.227 e. The fraction of sp³-hybridized carbons (Fsp3) is 0.500. The average molecular weight is 335 g/mol. The first-order valence-electron chi connectivity index (χ1n) is 8.60. The molecule has 3 N–H and O–H groups in total. The SMILES string of the molecule is CC.CC.CCNc1nc(C)nc(NCC)n1.Oc1ccccc1. The van der Waals surface area contributed by atoms with Crippen LogP contribution >= 0.6 is 0 Å². The second-order valence-corrected chi connectivity index (χ2v) is 3.93. The van der Waals surface area contributed by atoms with Crippen molar-refractivity contribution < 1.29 is 5.11 Å². The van der Waals surface area contributed by atoms with Crippen LogP contribution in [0.4, 0.5) is 11.9 Å². The minimum atomic E-state index is 0.322. The van der Waals surface area contributed by atoms with Crippen LogP contribution in [0.2, 0.25) is 0 Å². The van der Waals surface area contributed by atoms with E-state index in [-0.39, 0.29) is 0 Å². The van der Waals surface area contributed by atoms with Crippen molar-refractivity contribution in [3.63, 3.8) is 0 Å². The number of nitrogens with one attached hydrogen (secondary N) is 2. The van der Waals surface area contributed by atoms with Crippen LogP contribution in [-0.2, 0) is 0 Å². The third-order valence-electron chi connectivity index (χ3n) is 2.17. The molecule has 0 aliphatic rings. The van der Waals surface area contributed by atoms with E-state index in [1.807, 2.05) is 54.5 Å². The van der Waals surface area contributed by atoms with Crippen molar-refractivity contribution in [1.82, 2.24) is 15.0 Å². The summed E-state index contributed by atoms with van der Waals surface area (Å²) in [5, 5.41) is 14.7. The molecule has 6 heteroatoms. The van der Waals surface area contributed by atoms with Gasteiger partial charge in [0.2, 0.25) is 11.9 Å². The summed E-state index contributed by atoms with van der Waals surface area (Å²) in [6, 6.07) is 8.71. The summed E-state index contributed by atoms with van der Waals surface area (Å²) >= 11 is 0. The average Bonchev–Trinajstić information content (AvgIpc) is 2.60. The number of rotatable bonds is 4. The number of phenols is 1. The molecule has 2 rings (SSSR count). The van der Waals surface area contributed by atoms with E-state index in [4.69, 9.17) is 5.11 Å². The number of para-hydroxylation sites is 1. The molecule has 24 heavy (non-hydrogen) atoms. The fourth-order valence-corrected chi connectivity index (χ4v) is 1.38. The minimum absolute atomic E-state index is 0.322. The molecular formula is C18H33N5O. The van der Waals surface area contributed by atoms with Gasteiger partial charge in [0.15, 0.2) is 0 Å². The molecule has 0 fully saturated rings. The van der Waals surface area contributed by atoms with Crippen molar-refractivity contribution >= 4 is 11.9 Å². The highest BCUT2D eigenvalue weighted by atomic mass is 16.3. The third-order valence-corrected chi connectivity index (χ3v) is 2.17. The van der Waals surface area contributed by atoms with Crippen molar-refractivity contribution in [3.8, 4) is 5.75 Å². The van der Waals surface area contributed by atoms with Gasteiger partial charge in [0.1, 0.15) is 11.6 Å². The molecule has 1 aromatic heterocycles.